The molecule has 9 nitrogen and oxygen atoms in total. The summed E-state index contributed by atoms with van der Waals surface area (Å²) >= 11 is 0. The number of nitrogens with zero attached hydrogens (tertiary/aromatic N) is 1. The average Bonchev–Trinajstić information content (AvgIpc) is 3.44. The first kappa shape index (κ1) is 78.2. The summed E-state index contributed by atoms with van der Waals surface area (Å²) in [6.45, 7) is 4.92. The van der Waals surface area contributed by atoms with E-state index >= 15 is 0 Å². The van der Waals surface area contributed by atoms with Crippen LogP contribution in [0.2, 0.25) is 0 Å². The number of carbonyl (C=O) groups excluding carboxylic acids is 2. The molecule has 0 spiro atoms. The molecular formula is C72H134NO8+. The Kier molecular flexibility index (Phi) is 61.1. The van der Waals surface area contributed by atoms with Gasteiger partial charge in [0.05, 0.1) is 34.4 Å². The Labute approximate surface area is 502 Å². The Hall–Kier alpha value is -2.75. The van der Waals surface area contributed by atoms with E-state index in [9.17, 15) is 19.5 Å². The minimum atomic E-state index is -1.51. The lowest BCUT2D eigenvalue weighted by atomic mass is 10.0. The highest BCUT2D eigenvalue weighted by Crippen LogP contribution is 2.18. The molecule has 0 rings (SSSR count). The van der Waals surface area contributed by atoms with Gasteiger partial charge in [0.15, 0.2) is 6.10 Å². The zero-order valence-corrected chi connectivity index (χ0v) is 54.2. The second-order valence-electron chi connectivity index (χ2n) is 24.8. The summed E-state index contributed by atoms with van der Waals surface area (Å²) in [4.78, 5) is 37.6. The van der Waals surface area contributed by atoms with Gasteiger partial charge in [0, 0.05) is 12.8 Å². The highest BCUT2D eigenvalue weighted by atomic mass is 16.7. The number of quaternary nitrogens is 1. The fourth-order valence-corrected chi connectivity index (χ4v) is 10.2. The number of hydrogen-bond acceptors (Lipinski definition) is 7. The molecule has 0 radical (unpaired) electrons. The summed E-state index contributed by atoms with van der Waals surface area (Å²) in [5.74, 6) is -1.99. The molecule has 0 aliphatic heterocycles. The molecule has 0 aliphatic carbocycles. The number of esters is 2. The van der Waals surface area contributed by atoms with Crippen LogP contribution in [0.1, 0.15) is 335 Å². The van der Waals surface area contributed by atoms with E-state index in [1.165, 1.54) is 257 Å². The van der Waals surface area contributed by atoms with Crippen molar-refractivity contribution in [3.8, 4) is 0 Å². The van der Waals surface area contributed by atoms with Crippen LogP contribution in [-0.4, -0.2) is 87.4 Å². The van der Waals surface area contributed by atoms with E-state index in [1.807, 2.05) is 21.1 Å². The zero-order chi connectivity index (χ0) is 59.1. The van der Waals surface area contributed by atoms with E-state index in [0.29, 0.717) is 17.4 Å². The van der Waals surface area contributed by atoms with Gasteiger partial charge in [-0.25, -0.2) is 4.79 Å². The van der Waals surface area contributed by atoms with Gasteiger partial charge in [-0.2, -0.15) is 0 Å². The minimum absolute atomic E-state index is 0.180. The molecule has 2 unspecified atom stereocenters. The van der Waals surface area contributed by atoms with Crippen molar-refractivity contribution in [3.63, 3.8) is 0 Å². The zero-order valence-electron chi connectivity index (χ0n) is 54.2. The molecule has 0 bridgehead atoms. The standard InChI is InChI=1S/C72H133NO8/c1-6-8-10-12-14-16-18-20-22-24-26-28-30-32-34-35-37-38-40-42-44-46-48-50-52-54-56-58-60-62-69(74)79-66-68(67-80-72(71(76)77)78-65-64-73(3,4)5)81-70(75)63-61-59-57-55-53-51-49-47-45-43-41-39-36-33-31-29-27-25-23-21-19-17-15-13-11-9-7-2/h19,21,24-27,31,33,68,72H,6-18,20,22-23,28-30,32,34-67H2,1-5H3/p+1/b21-19-,26-24-,27-25-,33-31-. The number of likely N-dealkylation sites (N-methyl/N-ethyl adjacent to an activating group) is 1. The maximum atomic E-state index is 12.9. The van der Waals surface area contributed by atoms with Gasteiger partial charge in [0.25, 0.3) is 6.29 Å². The van der Waals surface area contributed by atoms with Crippen LogP contribution in [0.4, 0.5) is 0 Å². The first-order valence-corrected chi connectivity index (χ1v) is 34.8. The third-order valence-electron chi connectivity index (χ3n) is 15.6. The highest BCUT2D eigenvalue weighted by Gasteiger charge is 2.25. The molecule has 1 N–H and O–H groups in total. The van der Waals surface area contributed by atoms with Crippen LogP contribution in [0.15, 0.2) is 48.6 Å². The van der Waals surface area contributed by atoms with Crippen molar-refractivity contribution in [1.82, 2.24) is 0 Å². The number of rotatable bonds is 65. The van der Waals surface area contributed by atoms with E-state index in [-0.39, 0.29) is 32.2 Å². The van der Waals surface area contributed by atoms with Gasteiger partial charge in [-0.15, -0.1) is 0 Å². The number of carboxylic acid groups (broad SMARTS) is 1. The first-order chi connectivity index (χ1) is 39.6. The maximum absolute atomic E-state index is 12.9. The van der Waals surface area contributed by atoms with Crippen molar-refractivity contribution in [1.29, 1.82) is 0 Å². The highest BCUT2D eigenvalue weighted by molar-refractivity contribution is 5.71. The van der Waals surface area contributed by atoms with Crippen LogP contribution in [0.3, 0.4) is 0 Å². The first-order valence-electron chi connectivity index (χ1n) is 34.8. The lowest BCUT2D eigenvalue weighted by Gasteiger charge is -2.25. The molecule has 81 heavy (non-hydrogen) atoms. The topological polar surface area (TPSA) is 108 Å². The van der Waals surface area contributed by atoms with Crippen molar-refractivity contribution >= 4 is 17.9 Å². The van der Waals surface area contributed by atoms with Crippen molar-refractivity contribution in [2.75, 3.05) is 47.5 Å². The molecule has 0 aromatic heterocycles. The third kappa shape index (κ3) is 64.7. The molecule has 0 fully saturated rings. The van der Waals surface area contributed by atoms with Crippen LogP contribution in [-0.2, 0) is 33.3 Å². The predicted octanol–water partition coefficient (Wildman–Crippen LogP) is 21.4. The summed E-state index contributed by atoms with van der Waals surface area (Å²) in [5.41, 5.74) is 0. The fraction of sp³-hybridized carbons (Fsp3) is 0.847. The lowest BCUT2D eigenvalue weighted by Crippen LogP contribution is -2.40. The fourth-order valence-electron chi connectivity index (χ4n) is 10.2. The molecule has 0 amide bonds. The van der Waals surface area contributed by atoms with Gasteiger partial charge in [-0.3, -0.25) is 9.59 Å². The summed E-state index contributed by atoms with van der Waals surface area (Å²) < 4.78 is 23.0. The smallest absolute Gasteiger partial charge is 0.361 e. The summed E-state index contributed by atoms with van der Waals surface area (Å²) in [6.07, 6.45) is 77.9. The van der Waals surface area contributed by atoms with Crippen molar-refractivity contribution in [3.05, 3.63) is 48.6 Å². The quantitative estimate of drug-likeness (QED) is 0.0211. The monoisotopic (exact) mass is 1140 g/mol. The SMILES string of the molecule is CCCCCCC/C=C\C/C=C\C/C=C\CCCCCCCCCCCCCCC(=O)OC(COC(=O)CCCCCCCCCCCCCCCCCCC/C=C\CCCCCCCCCC)COC(OCC[N+](C)(C)C)C(=O)O. The van der Waals surface area contributed by atoms with Crippen LogP contribution >= 0.6 is 0 Å². The molecule has 0 aromatic rings. The number of ether oxygens (including phenoxy) is 4. The number of unbranched alkanes of at least 4 members (excludes halogenated alkanes) is 42. The molecule has 0 heterocycles. The number of carbonyl (C=O) groups is 3. The number of allylic oxidation sites excluding steroid dienone is 8. The van der Waals surface area contributed by atoms with Gasteiger partial charge < -0.3 is 28.5 Å². The predicted molar refractivity (Wildman–Crippen MR) is 346 cm³/mol. The van der Waals surface area contributed by atoms with Crippen LogP contribution in [0.5, 0.6) is 0 Å². The van der Waals surface area contributed by atoms with E-state index < -0.39 is 24.3 Å². The second-order valence-corrected chi connectivity index (χ2v) is 24.8. The van der Waals surface area contributed by atoms with Crippen molar-refractivity contribution in [2.45, 2.75) is 347 Å². The summed E-state index contributed by atoms with van der Waals surface area (Å²) in [6, 6.07) is 0. The van der Waals surface area contributed by atoms with Gasteiger partial charge in [0.2, 0.25) is 0 Å². The molecule has 0 aliphatic rings. The summed E-state index contributed by atoms with van der Waals surface area (Å²) in [5, 5.41) is 9.74. The Morgan fingerprint density at radius 2 is 0.667 bits per heavy atom. The molecule has 0 aromatic carbocycles. The average molecular weight is 1140 g/mol. The summed E-state index contributed by atoms with van der Waals surface area (Å²) in [7, 11) is 5.98. The lowest BCUT2D eigenvalue weighted by molar-refractivity contribution is -0.870. The van der Waals surface area contributed by atoms with Gasteiger partial charge >= 0.3 is 17.9 Å². The number of hydrogen-bond donors (Lipinski definition) is 1. The second kappa shape index (κ2) is 63.3. The molecule has 2 atom stereocenters. The van der Waals surface area contributed by atoms with E-state index in [1.54, 1.807) is 0 Å². The molecule has 9 heteroatoms. The van der Waals surface area contributed by atoms with E-state index in [4.69, 9.17) is 18.9 Å². The van der Waals surface area contributed by atoms with Crippen LogP contribution < -0.4 is 0 Å². The molecule has 0 saturated heterocycles. The molecule has 474 valence electrons. The normalized spacial score (nSPS) is 13.0. The third-order valence-corrected chi connectivity index (χ3v) is 15.6. The molecule has 0 saturated carbocycles. The largest absolute Gasteiger partial charge is 0.477 e. The van der Waals surface area contributed by atoms with E-state index in [2.05, 4.69) is 62.5 Å². The Morgan fingerprint density at radius 3 is 1.00 bits per heavy atom. The maximum Gasteiger partial charge on any atom is 0.361 e. The van der Waals surface area contributed by atoms with Gasteiger partial charge in [-0.1, -0.05) is 294 Å². The Bertz CT molecular complexity index is 1470. The van der Waals surface area contributed by atoms with E-state index in [0.717, 1.165) is 51.4 Å². The number of aliphatic carboxylic acids is 1. The van der Waals surface area contributed by atoms with Crippen molar-refractivity contribution in [2.24, 2.45) is 0 Å². The van der Waals surface area contributed by atoms with Crippen LogP contribution in [0.25, 0.3) is 0 Å². The Balaban J connectivity index is 4.10. The molecular weight excluding hydrogens is 1010 g/mol. The minimum Gasteiger partial charge on any atom is -0.477 e. The van der Waals surface area contributed by atoms with Gasteiger partial charge in [0.1, 0.15) is 13.2 Å². The van der Waals surface area contributed by atoms with Crippen molar-refractivity contribution < 1.29 is 42.9 Å². The van der Waals surface area contributed by atoms with Gasteiger partial charge in [-0.05, 0) is 77.0 Å². The Morgan fingerprint density at radius 1 is 0.370 bits per heavy atom. The van der Waals surface area contributed by atoms with Crippen LogP contribution in [0, 0.1) is 0 Å². The number of carboxylic acids is 1.